The van der Waals surface area contributed by atoms with Crippen LogP contribution in [0.4, 0.5) is 0 Å². The summed E-state index contributed by atoms with van der Waals surface area (Å²) in [5, 5.41) is 9.78. The third-order valence-corrected chi connectivity index (χ3v) is 12.7. The lowest BCUT2D eigenvalue weighted by Crippen LogP contribution is -2.30. The molecule has 0 rings (SSSR count). The Bertz CT molecular complexity index is 1330. The number of carbonyl (C=O) groups excluding carboxylic acids is 3. The molecule has 396 valence electrons. The summed E-state index contributed by atoms with van der Waals surface area (Å²) in [7, 11) is -4.75. The summed E-state index contributed by atoms with van der Waals surface area (Å²) in [6.45, 7) is 4.50. The number of hydrogen-bond donors (Lipinski definition) is 2. The highest BCUT2D eigenvalue weighted by Gasteiger charge is 2.28. The summed E-state index contributed by atoms with van der Waals surface area (Å²) in [5.41, 5.74) is 0. The standard InChI is InChI=1S/C56H101O11P/c1-4-7-10-13-16-19-22-25-26-29-32-35-38-41-44-47-56(60)67-53(49-63-54(58)45-42-39-36-33-30-27-23-20-17-14-11-8-5-2)51-65-68(61,62)64-50-52(48-57)66-55(59)46-43-40-37-34-31-28-24-21-18-15-12-9-6-3/h7,10,16,19,21,24-26,52-53,57H,4-6,8-9,11-15,17-18,20,22-23,27-51H2,1-3H3,(H,61,62)/b10-7-,19-16-,24-21-,26-25-. The van der Waals surface area contributed by atoms with Crippen LogP contribution in [-0.4, -0.2) is 66.5 Å². The highest BCUT2D eigenvalue weighted by molar-refractivity contribution is 7.47. The third-order valence-electron chi connectivity index (χ3n) is 11.7. The van der Waals surface area contributed by atoms with Crippen LogP contribution < -0.4 is 0 Å². The van der Waals surface area contributed by atoms with Crippen molar-refractivity contribution >= 4 is 25.7 Å². The Hall–Kier alpha value is -2.56. The molecule has 0 aromatic carbocycles. The summed E-state index contributed by atoms with van der Waals surface area (Å²) in [4.78, 5) is 48.4. The van der Waals surface area contributed by atoms with Gasteiger partial charge >= 0.3 is 25.7 Å². The van der Waals surface area contributed by atoms with Crippen LogP contribution >= 0.6 is 7.82 Å². The van der Waals surface area contributed by atoms with Crippen molar-refractivity contribution in [3.63, 3.8) is 0 Å². The van der Waals surface area contributed by atoms with E-state index in [2.05, 4.69) is 69.4 Å². The predicted octanol–water partition coefficient (Wildman–Crippen LogP) is 15.8. The number of allylic oxidation sites excluding steroid dienone is 8. The number of aliphatic hydroxyl groups excluding tert-OH is 1. The first-order valence-electron chi connectivity index (χ1n) is 27.5. The average molecular weight is 981 g/mol. The van der Waals surface area contributed by atoms with Crippen LogP contribution in [0.5, 0.6) is 0 Å². The third kappa shape index (κ3) is 48.5. The molecule has 12 heteroatoms. The van der Waals surface area contributed by atoms with E-state index in [1.807, 2.05) is 0 Å². The van der Waals surface area contributed by atoms with Gasteiger partial charge in [0.15, 0.2) is 6.10 Å². The smallest absolute Gasteiger partial charge is 0.462 e. The summed E-state index contributed by atoms with van der Waals surface area (Å²) >= 11 is 0. The number of esters is 3. The Kier molecular flexibility index (Phi) is 48.9. The molecule has 2 N–H and O–H groups in total. The molecule has 0 fully saturated rings. The molecule has 0 amide bonds. The molecule has 68 heavy (non-hydrogen) atoms. The number of aliphatic hydroxyl groups is 1. The molecule has 0 aliphatic rings. The van der Waals surface area contributed by atoms with E-state index < -0.39 is 57.8 Å². The molecular formula is C56H101O11P. The first-order valence-corrected chi connectivity index (χ1v) is 29.0. The first kappa shape index (κ1) is 65.4. The lowest BCUT2D eigenvalue weighted by molar-refractivity contribution is -0.161. The minimum Gasteiger partial charge on any atom is -0.462 e. The van der Waals surface area contributed by atoms with Gasteiger partial charge in [-0.25, -0.2) is 4.57 Å². The van der Waals surface area contributed by atoms with Gasteiger partial charge in [0.05, 0.1) is 19.8 Å². The number of ether oxygens (including phenoxy) is 3. The number of rotatable bonds is 51. The molecule has 0 bridgehead atoms. The number of hydrogen-bond acceptors (Lipinski definition) is 10. The van der Waals surface area contributed by atoms with E-state index in [4.69, 9.17) is 23.3 Å². The van der Waals surface area contributed by atoms with Gasteiger partial charge in [0.25, 0.3) is 0 Å². The number of carbonyl (C=O) groups is 3. The molecular weight excluding hydrogens is 880 g/mol. The molecule has 0 aromatic heterocycles. The van der Waals surface area contributed by atoms with Crippen LogP contribution in [0, 0.1) is 0 Å². The molecule has 0 radical (unpaired) electrons. The van der Waals surface area contributed by atoms with Crippen LogP contribution in [0.1, 0.15) is 252 Å². The molecule has 0 saturated carbocycles. The molecule has 0 aliphatic heterocycles. The minimum absolute atomic E-state index is 0.150. The zero-order chi connectivity index (χ0) is 49.9. The highest BCUT2D eigenvalue weighted by Crippen LogP contribution is 2.43. The molecule has 0 aliphatic carbocycles. The lowest BCUT2D eigenvalue weighted by atomic mass is 10.0. The second-order valence-electron chi connectivity index (χ2n) is 18.4. The van der Waals surface area contributed by atoms with Gasteiger partial charge in [0.1, 0.15) is 12.7 Å². The topological polar surface area (TPSA) is 155 Å². The van der Waals surface area contributed by atoms with Crippen molar-refractivity contribution in [2.24, 2.45) is 0 Å². The fraction of sp³-hybridized carbons (Fsp3) is 0.804. The van der Waals surface area contributed by atoms with Gasteiger partial charge in [-0.3, -0.25) is 23.4 Å². The van der Waals surface area contributed by atoms with Gasteiger partial charge in [0.2, 0.25) is 0 Å². The van der Waals surface area contributed by atoms with Crippen LogP contribution in [0.3, 0.4) is 0 Å². The maximum Gasteiger partial charge on any atom is 0.472 e. The van der Waals surface area contributed by atoms with E-state index in [1.165, 1.54) is 83.5 Å². The maximum absolute atomic E-state index is 12.9. The van der Waals surface area contributed by atoms with Gasteiger partial charge in [0, 0.05) is 19.3 Å². The van der Waals surface area contributed by atoms with Gasteiger partial charge < -0.3 is 24.2 Å². The summed E-state index contributed by atoms with van der Waals surface area (Å²) in [6.07, 6.45) is 52.1. The molecule has 3 atom stereocenters. The number of phosphoric acid groups is 1. The molecule has 0 aromatic rings. The Balaban J connectivity index is 4.75. The van der Waals surface area contributed by atoms with Gasteiger partial charge in [-0.1, -0.05) is 204 Å². The second-order valence-corrected chi connectivity index (χ2v) is 19.8. The largest absolute Gasteiger partial charge is 0.472 e. The van der Waals surface area contributed by atoms with Crippen molar-refractivity contribution in [2.45, 2.75) is 264 Å². The van der Waals surface area contributed by atoms with Gasteiger partial charge in [-0.15, -0.1) is 0 Å². The zero-order valence-corrected chi connectivity index (χ0v) is 44.5. The van der Waals surface area contributed by atoms with Crippen LogP contribution in [0.15, 0.2) is 48.6 Å². The quantitative estimate of drug-likeness (QED) is 0.0197. The van der Waals surface area contributed by atoms with Crippen LogP contribution in [0.25, 0.3) is 0 Å². The minimum atomic E-state index is -4.75. The van der Waals surface area contributed by atoms with Crippen molar-refractivity contribution < 1.29 is 52.2 Å². The van der Waals surface area contributed by atoms with Crippen molar-refractivity contribution in [3.05, 3.63) is 48.6 Å². The first-order chi connectivity index (χ1) is 33.2. The normalized spacial score (nSPS) is 13.8. The Labute approximate surface area is 415 Å². The van der Waals surface area contributed by atoms with Crippen LogP contribution in [0.2, 0.25) is 0 Å². The van der Waals surface area contributed by atoms with Crippen molar-refractivity contribution in [2.75, 3.05) is 26.4 Å². The molecule has 3 unspecified atom stereocenters. The summed E-state index contributed by atoms with van der Waals surface area (Å²) in [5.74, 6) is -1.48. The van der Waals surface area contributed by atoms with Gasteiger partial charge in [-0.2, -0.15) is 0 Å². The number of phosphoric ester groups is 1. The summed E-state index contributed by atoms with van der Waals surface area (Å²) < 4.78 is 39.4. The highest BCUT2D eigenvalue weighted by atomic mass is 31.2. The zero-order valence-electron chi connectivity index (χ0n) is 43.6. The Morgan fingerprint density at radius 3 is 1.21 bits per heavy atom. The fourth-order valence-corrected chi connectivity index (χ4v) is 8.33. The van der Waals surface area contributed by atoms with Gasteiger partial charge in [-0.05, 0) is 77.0 Å². The SMILES string of the molecule is CC/C=C\C/C=C\C/C=C\CCCCCCCC(=O)OC(COC(=O)CCCCCCCCCCCCCCC)COP(=O)(O)OCC(CO)OC(=O)CCCCCCC/C=C\CCCCCC. The van der Waals surface area contributed by atoms with E-state index in [0.29, 0.717) is 19.3 Å². The summed E-state index contributed by atoms with van der Waals surface area (Å²) in [6, 6.07) is 0. The van der Waals surface area contributed by atoms with E-state index >= 15 is 0 Å². The second kappa shape index (κ2) is 50.8. The monoisotopic (exact) mass is 981 g/mol. The van der Waals surface area contributed by atoms with E-state index in [1.54, 1.807) is 0 Å². The van der Waals surface area contributed by atoms with E-state index in [0.717, 1.165) is 109 Å². The Morgan fingerprint density at radius 1 is 0.426 bits per heavy atom. The van der Waals surface area contributed by atoms with Crippen molar-refractivity contribution in [1.29, 1.82) is 0 Å². The fourth-order valence-electron chi connectivity index (χ4n) is 7.54. The van der Waals surface area contributed by atoms with Crippen LogP contribution in [-0.2, 0) is 42.2 Å². The predicted molar refractivity (Wildman–Crippen MR) is 279 cm³/mol. The average Bonchev–Trinajstić information content (AvgIpc) is 3.32. The van der Waals surface area contributed by atoms with Crippen molar-refractivity contribution in [1.82, 2.24) is 0 Å². The molecule has 0 spiro atoms. The maximum atomic E-state index is 12.9. The molecule has 0 saturated heterocycles. The molecule has 0 heterocycles. The number of unbranched alkanes of at least 4 members (excludes halogenated alkanes) is 26. The van der Waals surface area contributed by atoms with E-state index in [-0.39, 0.29) is 25.9 Å². The molecule has 11 nitrogen and oxygen atoms in total. The van der Waals surface area contributed by atoms with E-state index in [9.17, 15) is 28.9 Å². The van der Waals surface area contributed by atoms with Crippen molar-refractivity contribution in [3.8, 4) is 0 Å². The Morgan fingerprint density at radius 2 is 0.765 bits per heavy atom. The lowest BCUT2D eigenvalue weighted by Gasteiger charge is -2.21.